The van der Waals surface area contributed by atoms with E-state index in [4.69, 9.17) is 5.73 Å². The molecule has 0 saturated heterocycles. The van der Waals surface area contributed by atoms with Crippen LogP contribution in [-0.4, -0.2) is 29.4 Å². The number of nitrogen functional groups attached to an aromatic ring is 1. The van der Waals surface area contributed by atoms with Crippen LogP contribution in [0.15, 0.2) is 18.3 Å². The third-order valence-corrected chi connectivity index (χ3v) is 2.44. The molecule has 0 radical (unpaired) electrons. The number of nitrogens with one attached hydrogen (secondary N) is 2. The van der Waals surface area contributed by atoms with Gasteiger partial charge in [0.2, 0.25) is 5.91 Å². The minimum absolute atomic E-state index is 0.211. The van der Waals surface area contributed by atoms with Crippen LogP contribution < -0.4 is 16.4 Å². The Hall–Kier alpha value is -2.11. The number of nitrogens with two attached hydrogens (primary N) is 1. The van der Waals surface area contributed by atoms with E-state index in [1.165, 1.54) is 12.3 Å². The van der Waals surface area contributed by atoms with Gasteiger partial charge in [0.25, 0.3) is 5.91 Å². The number of carbonyl (C=O) groups is 2. The Morgan fingerprint density at radius 1 is 1.32 bits per heavy atom. The summed E-state index contributed by atoms with van der Waals surface area (Å²) in [7, 11) is 0. The molecule has 0 aliphatic heterocycles. The second-order valence-corrected chi connectivity index (χ2v) is 4.81. The van der Waals surface area contributed by atoms with Crippen molar-refractivity contribution >= 4 is 17.5 Å². The van der Waals surface area contributed by atoms with E-state index >= 15 is 0 Å². The first kappa shape index (κ1) is 14.9. The van der Waals surface area contributed by atoms with E-state index in [1.807, 2.05) is 13.8 Å². The van der Waals surface area contributed by atoms with Crippen LogP contribution in [0.4, 0.5) is 5.69 Å². The molecule has 4 N–H and O–H groups in total. The summed E-state index contributed by atoms with van der Waals surface area (Å²) in [5.74, 6) is -0.240. The molecule has 1 aromatic rings. The SMILES string of the molecule is CC(C)CNC(=O)C(C)NC(=O)c1ccc(N)cn1. The van der Waals surface area contributed by atoms with Gasteiger partial charge in [0, 0.05) is 6.54 Å². The first-order valence-electron chi connectivity index (χ1n) is 6.20. The maximum absolute atomic E-state index is 11.8. The summed E-state index contributed by atoms with van der Waals surface area (Å²) >= 11 is 0. The second kappa shape index (κ2) is 6.72. The van der Waals surface area contributed by atoms with Gasteiger partial charge in [-0.15, -0.1) is 0 Å². The maximum atomic E-state index is 11.8. The number of amides is 2. The Labute approximate surface area is 112 Å². The second-order valence-electron chi connectivity index (χ2n) is 4.81. The number of hydrogen-bond donors (Lipinski definition) is 3. The van der Waals surface area contributed by atoms with Gasteiger partial charge in [-0.3, -0.25) is 9.59 Å². The van der Waals surface area contributed by atoms with Gasteiger partial charge in [0.15, 0.2) is 0 Å². The first-order chi connectivity index (χ1) is 8.90. The van der Waals surface area contributed by atoms with E-state index in [2.05, 4.69) is 15.6 Å². The summed E-state index contributed by atoms with van der Waals surface area (Å²) in [6.07, 6.45) is 1.40. The standard InChI is InChI=1S/C13H20N4O2/c1-8(2)6-16-12(18)9(3)17-13(19)11-5-4-10(14)7-15-11/h4-5,7-9H,6,14H2,1-3H3,(H,16,18)(H,17,19). The summed E-state index contributed by atoms with van der Waals surface area (Å²) in [6.45, 7) is 6.22. The van der Waals surface area contributed by atoms with Crippen molar-refractivity contribution in [2.24, 2.45) is 5.92 Å². The third kappa shape index (κ3) is 4.95. The van der Waals surface area contributed by atoms with E-state index in [-0.39, 0.29) is 11.6 Å². The molecule has 6 nitrogen and oxygen atoms in total. The third-order valence-electron chi connectivity index (χ3n) is 2.44. The van der Waals surface area contributed by atoms with Gasteiger partial charge in [0.05, 0.1) is 11.9 Å². The average molecular weight is 264 g/mol. The molecule has 0 aliphatic carbocycles. The van der Waals surface area contributed by atoms with Crippen LogP contribution in [0.1, 0.15) is 31.3 Å². The molecule has 0 bridgehead atoms. The molecular weight excluding hydrogens is 244 g/mol. The molecule has 1 heterocycles. The smallest absolute Gasteiger partial charge is 0.270 e. The van der Waals surface area contributed by atoms with Crippen LogP contribution in [-0.2, 0) is 4.79 Å². The zero-order chi connectivity index (χ0) is 14.4. The van der Waals surface area contributed by atoms with Crippen molar-refractivity contribution in [3.8, 4) is 0 Å². The van der Waals surface area contributed by atoms with Crippen LogP contribution in [0.25, 0.3) is 0 Å². The topological polar surface area (TPSA) is 97.1 Å². The van der Waals surface area contributed by atoms with Gasteiger partial charge in [0.1, 0.15) is 11.7 Å². The minimum atomic E-state index is -0.606. The fourth-order valence-corrected chi connectivity index (χ4v) is 1.33. The lowest BCUT2D eigenvalue weighted by molar-refractivity contribution is -0.122. The molecular formula is C13H20N4O2. The van der Waals surface area contributed by atoms with Gasteiger partial charge < -0.3 is 16.4 Å². The van der Waals surface area contributed by atoms with Gasteiger partial charge in [-0.1, -0.05) is 13.8 Å². The normalized spacial score (nSPS) is 12.0. The number of aromatic nitrogens is 1. The number of carbonyl (C=O) groups excluding carboxylic acids is 2. The molecule has 1 atom stereocenters. The van der Waals surface area contributed by atoms with E-state index < -0.39 is 11.9 Å². The summed E-state index contributed by atoms with van der Waals surface area (Å²) in [6, 6.07) is 2.50. The highest BCUT2D eigenvalue weighted by atomic mass is 16.2. The lowest BCUT2D eigenvalue weighted by Gasteiger charge is -2.14. The van der Waals surface area contributed by atoms with Gasteiger partial charge in [-0.05, 0) is 25.0 Å². The molecule has 0 fully saturated rings. The summed E-state index contributed by atoms with van der Waals surface area (Å²) in [5, 5.41) is 5.34. The lowest BCUT2D eigenvalue weighted by atomic mass is 10.2. The molecule has 0 saturated carbocycles. The Bertz CT molecular complexity index is 442. The molecule has 0 aromatic carbocycles. The Morgan fingerprint density at radius 2 is 2.00 bits per heavy atom. The lowest BCUT2D eigenvalue weighted by Crippen LogP contribution is -2.45. The van der Waals surface area contributed by atoms with E-state index in [9.17, 15) is 9.59 Å². The highest BCUT2D eigenvalue weighted by Crippen LogP contribution is 2.01. The van der Waals surface area contributed by atoms with Crippen molar-refractivity contribution in [1.29, 1.82) is 0 Å². The zero-order valence-corrected chi connectivity index (χ0v) is 11.4. The number of anilines is 1. The Balaban J connectivity index is 2.51. The fourth-order valence-electron chi connectivity index (χ4n) is 1.33. The molecule has 2 amide bonds. The number of rotatable bonds is 5. The van der Waals surface area contributed by atoms with Crippen LogP contribution in [0.2, 0.25) is 0 Å². The van der Waals surface area contributed by atoms with Gasteiger partial charge in [-0.2, -0.15) is 0 Å². The van der Waals surface area contributed by atoms with Gasteiger partial charge >= 0.3 is 0 Å². The van der Waals surface area contributed by atoms with Crippen molar-refractivity contribution in [2.75, 3.05) is 12.3 Å². The van der Waals surface area contributed by atoms with Crippen LogP contribution in [0.3, 0.4) is 0 Å². The molecule has 19 heavy (non-hydrogen) atoms. The van der Waals surface area contributed by atoms with Crippen molar-refractivity contribution in [3.05, 3.63) is 24.0 Å². The molecule has 0 aliphatic rings. The Morgan fingerprint density at radius 3 is 2.53 bits per heavy atom. The predicted octanol–water partition coefficient (Wildman–Crippen LogP) is 0.554. The van der Waals surface area contributed by atoms with Gasteiger partial charge in [-0.25, -0.2) is 4.98 Å². The summed E-state index contributed by atoms with van der Waals surface area (Å²) in [4.78, 5) is 27.4. The van der Waals surface area contributed by atoms with Crippen molar-refractivity contribution < 1.29 is 9.59 Å². The van der Waals surface area contributed by atoms with Crippen LogP contribution in [0.5, 0.6) is 0 Å². The summed E-state index contributed by atoms with van der Waals surface area (Å²) in [5.41, 5.74) is 6.21. The zero-order valence-electron chi connectivity index (χ0n) is 11.4. The highest BCUT2D eigenvalue weighted by molar-refractivity contribution is 5.96. The van der Waals surface area contributed by atoms with Crippen LogP contribution in [0, 0.1) is 5.92 Å². The predicted molar refractivity (Wildman–Crippen MR) is 73.4 cm³/mol. The van der Waals surface area contributed by atoms with E-state index in [0.29, 0.717) is 18.2 Å². The minimum Gasteiger partial charge on any atom is -0.397 e. The van der Waals surface area contributed by atoms with Crippen molar-refractivity contribution in [3.63, 3.8) is 0 Å². The van der Waals surface area contributed by atoms with Crippen LogP contribution >= 0.6 is 0 Å². The largest absolute Gasteiger partial charge is 0.397 e. The quantitative estimate of drug-likeness (QED) is 0.723. The molecule has 1 unspecified atom stereocenters. The summed E-state index contributed by atoms with van der Waals surface area (Å²) < 4.78 is 0. The van der Waals surface area contributed by atoms with E-state index in [0.717, 1.165) is 0 Å². The molecule has 0 spiro atoms. The monoisotopic (exact) mass is 264 g/mol. The molecule has 1 aromatic heterocycles. The molecule has 104 valence electrons. The number of pyridine rings is 1. The number of hydrogen-bond acceptors (Lipinski definition) is 4. The molecule has 6 heteroatoms. The van der Waals surface area contributed by atoms with E-state index in [1.54, 1.807) is 13.0 Å². The molecule has 1 rings (SSSR count). The highest BCUT2D eigenvalue weighted by Gasteiger charge is 2.17. The number of nitrogens with zero attached hydrogens (tertiary/aromatic N) is 1. The maximum Gasteiger partial charge on any atom is 0.270 e. The Kier molecular flexibility index (Phi) is 5.29. The van der Waals surface area contributed by atoms with Crippen molar-refractivity contribution in [2.45, 2.75) is 26.8 Å². The van der Waals surface area contributed by atoms with Crippen molar-refractivity contribution in [1.82, 2.24) is 15.6 Å². The average Bonchev–Trinajstić information content (AvgIpc) is 2.36. The fraction of sp³-hybridized carbons (Fsp3) is 0.462. The first-order valence-corrected chi connectivity index (χ1v) is 6.20.